The van der Waals surface area contributed by atoms with Crippen LogP contribution in [0.1, 0.15) is 30.1 Å². The fourth-order valence-corrected chi connectivity index (χ4v) is 2.35. The van der Waals surface area contributed by atoms with E-state index in [0.29, 0.717) is 40.9 Å². The Morgan fingerprint density at radius 2 is 1.69 bits per heavy atom. The fraction of sp³-hybridized carbons (Fsp3) is 0.350. The van der Waals surface area contributed by atoms with Crippen LogP contribution in [-0.2, 0) is 0 Å². The molecule has 6 nitrogen and oxygen atoms in total. The zero-order valence-electron chi connectivity index (χ0n) is 15.6. The Balaban J connectivity index is 2.16. The van der Waals surface area contributed by atoms with Crippen molar-refractivity contribution in [3.05, 3.63) is 42.0 Å². The average Bonchev–Trinajstić information content (AvgIpc) is 2.68. The molecule has 0 aliphatic heterocycles. The highest BCUT2D eigenvalue weighted by Crippen LogP contribution is 2.31. The Morgan fingerprint density at radius 3 is 2.35 bits per heavy atom. The van der Waals surface area contributed by atoms with Gasteiger partial charge in [0.05, 0.1) is 33.6 Å². The molecule has 0 unspecified atom stereocenters. The third-order valence-electron chi connectivity index (χ3n) is 3.84. The highest BCUT2D eigenvalue weighted by molar-refractivity contribution is 6.05. The lowest BCUT2D eigenvalue weighted by molar-refractivity contribution is 0.102. The van der Waals surface area contributed by atoms with Crippen molar-refractivity contribution in [3.63, 3.8) is 0 Å². The van der Waals surface area contributed by atoms with E-state index in [4.69, 9.17) is 18.9 Å². The maximum absolute atomic E-state index is 12.6. The molecule has 140 valence electrons. The summed E-state index contributed by atoms with van der Waals surface area (Å²) in [6.07, 6.45) is 2.01. The molecule has 0 heterocycles. The Morgan fingerprint density at radius 1 is 0.923 bits per heavy atom. The second-order valence-corrected chi connectivity index (χ2v) is 5.59. The van der Waals surface area contributed by atoms with Gasteiger partial charge in [-0.25, -0.2) is 0 Å². The quantitative estimate of drug-likeness (QED) is 0.682. The third-order valence-corrected chi connectivity index (χ3v) is 3.84. The van der Waals surface area contributed by atoms with E-state index in [0.717, 1.165) is 12.8 Å². The van der Waals surface area contributed by atoms with Crippen LogP contribution in [0.25, 0.3) is 0 Å². The van der Waals surface area contributed by atoms with Crippen LogP contribution in [0.3, 0.4) is 0 Å². The first-order valence-electron chi connectivity index (χ1n) is 8.47. The molecule has 1 N–H and O–H groups in total. The van der Waals surface area contributed by atoms with Crippen molar-refractivity contribution < 1.29 is 23.7 Å². The number of nitrogens with one attached hydrogen (secondary N) is 1. The van der Waals surface area contributed by atoms with Crippen LogP contribution < -0.4 is 24.3 Å². The van der Waals surface area contributed by atoms with E-state index in [-0.39, 0.29) is 5.91 Å². The fourth-order valence-electron chi connectivity index (χ4n) is 2.35. The van der Waals surface area contributed by atoms with Gasteiger partial charge in [0.15, 0.2) is 11.5 Å². The largest absolute Gasteiger partial charge is 0.497 e. The lowest BCUT2D eigenvalue weighted by atomic mass is 10.1. The summed E-state index contributed by atoms with van der Waals surface area (Å²) in [6.45, 7) is 2.71. The van der Waals surface area contributed by atoms with Gasteiger partial charge in [0, 0.05) is 11.6 Å². The maximum atomic E-state index is 12.6. The normalized spacial score (nSPS) is 10.2. The molecule has 2 aromatic carbocycles. The van der Waals surface area contributed by atoms with Gasteiger partial charge in [0.2, 0.25) is 0 Å². The summed E-state index contributed by atoms with van der Waals surface area (Å²) in [5.74, 6) is 2.04. The van der Waals surface area contributed by atoms with Gasteiger partial charge in [-0.1, -0.05) is 13.3 Å². The molecule has 0 aliphatic carbocycles. The molecule has 0 aromatic heterocycles. The predicted octanol–water partition coefficient (Wildman–Crippen LogP) is 4.14. The Bertz CT molecular complexity index is 745. The van der Waals surface area contributed by atoms with Gasteiger partial charge < -0.3 is 24.3 Å². The van der Waals surface area contributed by atoms with E-state index >= 15 is 0 Å². The highest BCUT2D eigenvalue weighted by atomic mass is 16.5. The SMILES string of the molecule is CCCCOc1ccc(C(=O)Nc2ccc(OC)cc2OC)cc1OC. The molecule has 26 heavy (non-hydrogen) atoms. The number of carbonyl (C=O) groups is 1. The number of ether oxygens (including phenoxy) is 4. The van der Waals surface area contributed by atoms with Crippen LogP contribution in [-0.4, -0.2) is 33.8 Å². The Labute approximate surface area is 154 Å². The summed E-state index contributed by atoms with van der Waals surface area (Å²) in [6, 6.07) is 10.3. The smallest absolute Gasteiger partial charge is 0.255 e. The third kappa shape index (κ3) is 4.81. The van der Waals surface area contributed by atoms with Crippen molar-refractivity contribution in [1.29, 1.82) is 0 Å². The summed E-state index contributed by atoms with van der Waals surface area (Å²) in [4.78, 5) is 12.6. The lowest BCUT2D eigenvalue weighted by Crippen LogP contribution is -2.13. The van der Waals surface area contributed by atoms with Gasteiger partial charge in [-0.15, -0.1) is 0 Å². The average molecular weight is 359 g/mol. The lowest BCUT2D eigenvalue weighted by Gasteiger charge is -2.14. The second kappa shape index (κ2) is 9.56. The molecule has 1 amide bonds. The van der Waals surface area contributed by atoms with Crippen molar-refractivity contribution in [2.45, 2.75) is 19.8 Å². The van der Waals surface area contributed by atoms with Crippen LogP contribution in [0.2, 0.25) is 0 Å². The van der Waals surface area contributed by atoms with E-state index in [1.54, 1.807) is 50.6 Å². The molecule has 0 bridgehead atoms. The van der Waals surface area contributed by atoms with Crippen molar-refractivity contribution in [3.8, 4) is 23.0 Å². The zero-order chi connectivity index (χ0) is 18.9. The minimum Gasteiger partial charge on any atom is -0.497 e. The molecular formula is C20H25NO5. The summed E-state index contributed by atoms with van der Waals surface area (Å²) in [7, 11) is 4.66. The standard InChI is InChI=1S/C20H25NO5/c1-5-6-11-26-17-10-7-14(12-19(17)25-4)20(22)21-16-9-8-15(23-2)13-18(16)24-3/h7-10,12-13H,5-6,11H2,1-4H3,(H,21,22). The summed E-state index contributed by atoms with van der Waals surface area (Å²) < 4.78 is 21.5. The van der Waals surface area contributed by atoms with Crippen LogP contribution >= 0.6 is 0 Å². The summed E-state index contributed by atoms with van der Waals surface area (Å²) >= 11 is 0. The zero-order valence-corrected chi connectivity index (χ0v) is 15.6. The molecule has 0 aliphatic rings. The number of amides is 1. The van der Waals surface area contributed by atoms with E-state index in [2.05, 4.69) is 12.2 Å². The number of anilines is 1. The van der Waals surface area contributed by atoms with Crippen LogP contribution in [0.15, 0.2) is 36.4 Å². The first-order chi connectivity index (χ1) is 12.6. The van der Waals surface area contributed by atoms with Crippen molar-refractivity contribution in [2.24, 2.45) is 0 Å². The Kier molecular flexibility index (Phi) is 7.14. The molecule has 6 heteroatoms. The van der Waals surface area contributed by atoms with Gasteiger partial charge in [-0.05, 0) is 36.8 Å². The van der Waals surface area contributed by atoms with Crippen molar-refractivity contribution in [1.82, 2.24) is 0 Å². The molecule has 2 aromatic rings. The Hall–Kier alpha value is -2.89. The maximum Gasteiger partial charge on any atom is 0.255 e. The minimum absolute atomic E-state index is 0.271. The van der Waals surface area contributed by atoms with Crippen molar-refractivity contribution >= 4 is 11.6 Å². The van der Waals surface area contributed by atoms with Gasteiger partial charge in [-0.2, -0.15) is 0 Å². The molecule has 0 saturated heterocycles. The molecular weight excluding hydrogens is 334 g/mol. The van der Waals surface area contributed by atoms with E-state index in [1.807, 2.05) is 0 Å². The topological polar surface area (TPSA) is 66.0 Å². The number of carbonyl (C=O) groups excluding carboxylic acids is 1. The van der Waals surface area contributed by atoms with Crippen LogP contribution in [0, 0.1) is 0 Å². The number of hydrogen-bond donors (Lipinski definition) is 1. The first-order valence-corrected chi connectivity index (χ1v) is 8.47. The molecule has 0 spiro atoms. The minimum atomic E-state index is -0.271. The molecule has 0 fully saturated rings. The van der Waals surface area contributed by atoms with Crippen molar-refractivity contribution in [2.75, 3.05) is 33.3 Å². The monoisotopic (exact) mass is 359 g/mol. The summed E-state index contributed by atoms with van der Waals surface area (Å²) in [5, 5.41) is 2.84. The van der Waals surface area contributed by atoms with Crippen LogP contribution in [0.5, 0.6) is 23.0 Å². The second-order valence-electron chi connectivity index (χ2n) is 5.59. The predicted molar refractivity (Wildman–Crippen MR) is 101 cm³/mol. The number of rotatable bonds is 9. The van der Waals surface area contributed by atoms with E-state index < -0.39 is 0 Å². The number of hydrogen-bond acceptors (Lipinski definition) is 5. The van der Waals surface area contributed by atoms with Gasteiger partial charge >= 0.3 is 0 Å². The van der Waals surface area contributed by atoms with Gasteiger partial charge in [0.25, 0.3) is 5.91 Å². The van der Waals surface area contributed by atoms with Gasteiger partial charge in [-0.3, -0.25) is 4.79 Å². The highest BCUT2D eigenvalue weighted by Gasteiger charge is 2.14. The van der Waals surface area contributed by atoms with Gasteiger partial charge in [0.1, 0.15) is 11.5 Å². The van der Waals surface area contributed by atoms with E-state index in [9.17, 15) is 4.79 Å². The number of benzene rings is 2. The van der Waals surface area contributed by atoms with E-state index in [1.165, 1.54) is 7.11 Å². The molecule has 0 saturated carbocycles. The molecule has 2 rings (SSSR count). The molecule has 0 radical (unpaired) electrons. The summed E-state index contributed by atoms with van der Waals surface area (Å²) in [5.41, 5.74) is 1.02. The number of methoxy groups -OCH3 is 3. The number of unbranched alkanes of at least 4 members (excludes halogenated alkanes) is 1. The first kappa shape index (κ1) is 19.4. The van der Waals surface area contributed by atoms with Crippen LogP contribution in [0.4, 0.5) is 5.69 Å². The molecule has 0 atom stereocenters.